The van der Waals surface area contributed by atoms with Crippen LogP contribution in [0.5, 0.6) is 0 Å². The Morgan fingerprint density at radius 2 is 1.92 bits per heavy atom. The lowest BCUT2D eigenvalue weighted by atomic mass is 10.1. The molecule has 4 aromatic rings. The molecule has 0 aliphatic rings. The molecule has 0 bridgehead atoms. The van der Waals surface area contributed by atoms with Crippen LogP contribution in [0.15, 0.2) is 34.1 Å². The Kier molecular flexibility index (Phi) is 7.72. The van der Waals surface area contributed by atoms with Gasteiger partial charge in [-0.3, -0.25) is 23.2 Å². The van der Waals surface area contributed by atoms with Crippen LogP contribution < -0.4 is 16.6 Å². The third-order valence-electron chi connectivity index (χ3n) is 5.26. The quantitative estimate of drug-likeness (QED) is 0.261. The van der Waals surface area contributed by atoms with E-state index in [2.05, 4.69) is 19.8 Å². The van der Waals surface area contributed by atoms with Gasteiger partial charge in [0.15, 0.2) is 16.3 Å². The molecule has 1 aromatic carbocycles. The van der Waals surface area contributed by atoms with Crippen molar-refractivity contribution in [3.63, 3.8) is 0 Å². The maximum atomic E-state index is 12.8. The highest BCUT2D eigenvalue weighted by molar-refractivity contribution is 7.46. The van der Waals surface area contributed by atoms with E-state index in [0.717, 1.165) is 15.9 Å². The predicted octanol–water partition coefficient (Wildman–Crippen LogP) is 2.15. The van der Waals surface area contributed by atoms with E-state index in [1.165, 1.54) is 29.6 Å². The fourth-order valence-corrected chi connectivity index (χ4v) is 5.14. The number of carbonyl (C=O) groups excluding carboxylic acids is 1. The second-order valence-electron chi connectivity index (χ2n) is 7.79. The summed E-state index contributed by atoms with van der Waals surface area (Å²) in [7, 11) is -1.86. The number of hydrogen-bond donors (Lipinski definition) is 3. The van der Waals surface area contributed by atoms with Crippen LogP contribution in [0, 0.1) is 0 Å². The van der Waals surface area contributed by atoms with Crippen molar-refractivity contribution in [1.29, 1.82) is 0 Å². The zero-order valence-electron chi connectivity index (χ0n) is 19.2. The van der Waals surface area contributed by atoms with Gasteiger partial charge >= 0.3 is 13.5 Å². The van der Waals surface area contributed by atoms with Gasteiger partial charge < -0.3 is 19.7 Å². The molecule has 17 heteroatoms. The first-order valence-electron chi connectivity index (χ1n) is 10.4. The predicted molar refractivity (Wildman–Crippen MR) is 138 cm³/mol. The molecule has 13 nitrogen and oxygen atoms in total. The molecule has 0 unspecified atom stereocenters. The Balaban J connectivity index is 1.61. The monoisotopic (exact) mass is 588 g/mol. The summed E-state index contributed by atoms with van der Waals surface area (Å²) in [4.78, 5) is 64.6. The van der Waals surface area contributed by atoms with Gasteiger partial charge in [0.2, 0.25) is 5.91 Å². The number of nitrogens with zero attached hydrogens (tertiary/aromatic N) is 5. The van der Waals surface area contributed by atoms with Crippen molar-refractivity contribution in [3.8, 4) is 11.3 Å². The van der Waals surface area contributed by atoms with Gasteiger partial charge in [-0.15, -0.1) is 11.3 Å². The van der Waals surface area contributed by atoms with Crippen molar-refractivity contribution in [1.82, 2.24) is 23.7 Å². The maximum Gasteiger partial charge on any atom is 0.469 e. The van der Waals surface area contributed by atoms with Gasteiger partial charge in [-0.1, -0.05) is 29.3 Å². The minimum atomic E-state index is -4.67. The average Bonchev–Trinajstić information content (AvgIpc) is 3.41. The highest BCUT2D eigenvalue weighted by Gasteiger charge is 2.20. The molecule has 3 aromatic heterocycles. The van der Waals surface area contributed by atoms with E-state index < -0.39 is 25.0 Å². The summed E-state index contributed by atoms with van der Waals surface area (Å²) in [6.45, 7) is -0.584. The highest BCUT2D eigenvalue weighted by Crippen LogP contribution is 2.38. The van der Waals surface area contributed by atoms with Crippen molar-refractivity contribution in [2.24, 2.45) is 14.1 Å². The van der Waals surface area contributed by atoms with Gasteiger partial charge in [0.05, 0.1) is 28.7 Å². The van der Waals surface area contributed by atoms with E-state index in [1.807, 2.05) is 0 Å². The standard InChI is InChI=1S/C20H19Cl2N6O7PS/c1-26-17-16(18(30)27(2)20(26)31)28(9-23-17)8-14(29)24-19-25-15(10-3-4-11(21)12(22)7-10)13(37-19)5-6-35-36(32,33)34/h3-4,7,9H,5-6,8H2,1-2H3,(H,24,25,29)(H2,32,33,34). The van der Waals surface area contributed by atoms with E-state index in [4.69, 9.17) is 33.0 Å². The van der Waals surface area contributed by atoms with E-state index in [9.17, 15) is 18.9 Å². The van der Waals surface area contributed by atoms with E-state index in [-0.39, 0.29) is 40.9 Å². The first-order chi connectivity index (χ1) is 17.4. The summed E-state index contributed by atoms with van der Waals surface area (Å²) in [5.41, 5.74) is 0.0921. The van der Waals surface area contributed by atoms with Crippen LogP contribution in [0.3, 0.4) is 0 Å². The first kappa shape index (κ1) is 27.2. The molecule has 0 atom stereocenters. The van der Waals surface area contributed by atoms with Crippen LogP contribution in [0.1, 0.15) is 4.88 Å². The Bertz CT molecular complexity index is 1690. The number of thiazole rings is 1. The molecule has 0 saturated carbocycles. The number of amides is 1. The number of imidazole rings is 1. The number of anilines is 1. The summed E-state index contributed by atoms with van der Waals surface area (Å²) in [5.74, 6) is -0.525. The van der Waals surface area contributed by atoms with Crippen molar-refractivity contribution in [2.75, 3.05) is 11.9 Å². The van der Waals surface area contributed by atoms with Gasteiger partial charge in [0, 0.05) is 31.0 Å². The first-order valence-corrected chi connectivity index (χ1v) is 13.5. The molecular formula is C20H19Cl2N6O7PS. The van der Waals surface area contributed by atoms with E-state index >= 15 is 0 Å². The lowest BCUT2D eigenvalue weighted by molar-refractivity contribution is -0.116. The van der Waals surface area contributed by atoms with Crippen LogP contribution >= 0.6 is 42.4 Å². The second-order valence-corrected chi connectivity index (χ2v) is 10.9. The summed E-state index contributed by atoms with van der Waals surface area (Å²) in [6, 6.07) is 4.82. The zero-order chi connectivity index (χ0) is 27.1. The summed E-state index contributed by atoms with van der Waals surface area (Å²) in [5, 5.41) is 3.46. The molecule has 0 fully saturated rings. The zero-order valence-corrected chi connectivity index (χ0v) is 22.4. The average molecular weight is 589 g/mol. The Labute approximate surface area is 222 Å². The number of fused-ring (bicyclic) bond motifs is 1. The third kappa shape index (κ3) is 5.85. The van der Waals surface area contributed by atoms with Gasteiger partial charge in [0.1, 0.15) is 6.54 Å². The van der Waals surface area contributed by atoms with Crippen LogP contribution in [-0.4, -0.2) is 46.0 Å². The Hall–Kier alpha value is -2.84. The number of phosphoric ester groups is 1. The molecule has 1 amide bonds. The maximum absolute atomic E-state index is 12.8. The largest absolute Gasteiger partial charge is 0.469 e. The number of benzene rings is 1. The molecule has 196 valence electrons. The number of aromatic nitrogens is 5. The molecular weight excluding hydrogens is 570 g/mol. The van der Waals surface area contributed by atoms with Crippen LogP contribution in [0.25, 0.3) is 22.4 Å². The van der Waals surface area contributed by atoms with E-state index in [0.29, 0.717) is 21.2 Å². The van der Waals surface area contributed by atoms with Gasteiger partial charge in [-0.05, 0) is 12.1 Å². The Morgan fingerprint density at radius 3 is 2.59 bits per heavy atom. The SMILES string of the molecule is Cn1c(=O)c2c(ncn2CC(=O)Nc2nc(-c3ccc(Cl)c(Cl)c3)c(CCOP(=O)(O)O)s2)n(C)c1=O. The lowest BCUT2D eigenvalue weighted by Crippen LogP contribution is -2.37. The van der Waals surface area contributed by atoms with Gasteiger partial charge in [-0.25, -0.2) is 19.3 Å². The number of rotatable bonds is 8. The number of halogens is 2. The molecule has 0 saturated heterocycles. The summed E-state index contributed by atoms with van der Waals surface area (Å²) in [6.07, 6.45) is 1.38. The van der Waals surface area contributed by atoms with Crippen LogP contribution in [-0.2, 0) is 40.9 Å². The van der Waals surface area contributed by atoms with Crippen LogP contribution in [0.4, 0.5) is 5.13 Å². The summed E-state index contributed by atoms with van der Waals surface area (Å²) >= 11 is 13.2. The number of aryl methyl sites for hydroxylation is 1. The third-order valence-corrected chi connectivity index (χ3v) is 7.54. The number of hydrogen-bond acceptors (Lipinski definition) is 8. The molecule has 3 heterocycles. The highest BCUT2D eigenvalue weighted by atomic mass is 35.5. The van der Waals surface area contributed by atoms with Crippen molar-refractivity contribution < 1.29 is 23.7 Å². The number of nitrogens with one attached hydrogen (secondary N) is 1. The lowest BCUT2D eigenvalue weighted by Gasteiger charge is -2.06. The van der Waals surface area contributed by atoms with Crippen LogP contribution in [0.2, 0.25) is 10.0 Å². The van der Waals surface area contributed by atoms with Crippen molar-refractivity contribution in [2.45, 2.75) is 13.0 Å². The molecule has 0 aliphatic carbocycles. The number of carbonyl (C=O) groups is 1. The summed E-state index contributed by atoms with van der Waals surface area (Å²) < 4.78 is 19.1. The minimum Gasteiger partial charge on any atom is -0.315 e. The van der Waals surface area contributed by atoms with Crippen molar-refractivity contribution >= 4 is 64.6 Å². The smallest absolute Gasteiger partial charge is 0.315 e. The molecule has 3 N–H and O–H groups in total. The van der Waals surface area contributed by atoms with Crippen molar-refractivity contribution in [3.05, 3.63) is 60.3 Å². The fraction of sp³-hybridized carbons (Fsp3) is 0.250. The molecule has 0 spiro atoms. The second kappa shape index (κ2) is 10.5. The molecule has 4 rings (SSSR count). The van der Waals surface area contributed by atoms with E-state index in [1.54, 1.807) is 18.2 Å². The van der Waals surface area contributed by atoms with Gasteiger partial charge in [0.25, 0.3) is 5.56 Å². The number of phosphoric acid groups is 1. The molecule has 0 aliphatic heterocycles. The molecule has 0 radical (unpaired) electrons. The normalized spacial score (nSPS) is 11.8. The fourth-order valence-electron chi connectivity index (χ4n) is 3.53. The molecule has 37 heavy (non-hydrogen) atoms. The van der Waals surface area contributed by atoms with Gasteiger partial charge in [-0.2, -0.15) is 0 Å². The Morgan fingerprint density at radius 1 is 1.19 bits per heavy atom. The topological polar surface area (TPSA) is 171 Å². The minimum absolute atomic E-state index is 0.0878.